The smallest absolute Gasteiger partial charge is 0.414 e. The number of hydrogen-bond acceptors (Lipinski definition) is 9. The Bertz CT molecular complexity index is 1690. The highest BCUT2D eigenvalue weighted by Gasteiger charge is 2.35. The van der Waals surface area contributed by atoms with E-state index in [1.165, 1.54) is 12.7 Å². The standard InChI is InChI=1S/C36H41N5O6/c1-5-47-36(44)38-34(43)30-19-26(21-37-35(30)46-4)33-24(2)32(41(39-33)28-14-10-7-11-15-28)20-29(42)18-27-22-40(16-17-45-3)23-31(27)25-12-8-6-9-13-25/h6-15,19,21,27,31H,5,16-18,20,22-23H2,1-4H3,(H,38,43,44)/t27-,31+/m1/s1. The van der Waals surface area contributed by atoms with Gasteiger partial charge in [-0.15, -0.1) is 0 Å². The number of amides is 2. The third kappa shape index (κ3) is 7.93. The minimum absolute atomic E-state index is 0.0511. The van der Waals surface area contributed by atoms with Crippen molar-refractivity contribution in [2.24, 2.45) is 5.92 Å². The molecule has 0 spiro atoms. The number of alkyl carbamates (subject to hydrolysis) is 1. The summed E-state index contributed by atoms with van der Waals surface area (Å²) >= 11 is 0. The predicted octanol–water partition coefficient (Wildman–Crippen LogP) is 5.00. The van der Waals surface area contributed by atoms with Gasteiger partial charge >= 0.3 is 6.09 Å². The molecule has 3 heterocycles. The first-order valence-corrected chi connectivity index (χ1v) is 15.8. The summed E-state index contributed by atoms with van der Waals surface area (Å²) in [6, 6.07) is 21.6. The second kappa shape index (κ2) is 15.6. The second-order valence-electron chi connectivity index (χ2n) is 11.6. The molecule has 246 valence electrons. The van der Waals surface area contributed by atoms with Crippen molar-refractivity contribution in [2.75, 3.05) is 47.1 Å². The summed E-state index contributed by atoms with van der Waals surface area (Å²) in [7, 11) is 3.10. The van der Waals surface area contributed by atoms with Crippen LogP contribution in [0.3, 0.4) is 0 Å². The number of carbonyl (C=O) groups excluding carboxylic acids is 3. The zero-order valence-electron chi connectivity index (χ0n) is 27.3. The first-order valence-electron chi connectivity index (χ1n) is 15.8. The molecule has 2 aromatic carbocycles. The molecule has 0 saturated carbocycles. The molecule has 0 unspecified atom stereocenters. The van der Waals surface area contributed by atoms with Crippen LogP contribution in [0.5, 0.6) is 5.88 Å². The van der Waals surface area contributed by atoms with Crippen molar-refractivity contribution in [2.45, 2.75) is 32.6 Å². The third-order valence-electron chi connectivity index (χ3n) is 8.51. The number of aromatic nitrogens is 3. The average molecular weight is 640 g/mol. The normalized spacial score (nSPS) is 16.2. The number of nitrogens with one attached hydrogen (secondary N) is 1. The number of rotatable bonds is 13. The molecule has 2 amide bonds. The minimum atomic E-state index is -0.867. The van der Waals surface area contributed by atoms with Crippen LogP contribution < -0.4 is 10.1 Å². The van der Waals surface area contributed by atoms with Crippen molar-refractivity contribution in [1.29, 1.82) is 0 Å². The molecule has 0 bridgehead atoms. The molecule has 11 heteroatoms. The van der Waals surface area contributed by atoms with Crippen molar-refractivity contribution >= 4 is 17.8 Å². The molecule has 1 fully saturated rings. The van der Waals surface area contributed by atoms with E-state index < -0.39 is 12.0 Å². The Balaban J connectivity index is 1.45. The number of Topliss-reactive ketones (excluding diaryl/α,β-unsaturated/α-hetero) is 1. The predicted molar refractivity (Wildman–Crippen MR) is 177 cm³/mol. The molecule has 11 nitrogen and oxygen atoms in total. The van der Waals surface area contributed by atoms with Crippen molar-refractivity contribution in [3.63, 3.8) is 0 Å². The van der Waals surface area contributed by atoms with Crippen LogP contribution in [-0.4, -0.2) is 84.5 Å². The summed E-state index contributed by atoms with van der Waals surface area (Å²) in [6.07, 6.45) is 1.31. The van der Waals surface area contributed by atoms with Crippen LogP contribution in [0.2, 0.25) is 0 Å². The van der Waals surface area contributed by atoms with E-state index in [1.54, 1.807) is 31.0 Å². The molecule has 2 aromatic heterocycles. The van der Waals surface area contributed by atoms with Gasteiger partial charge in [-0.1, -0.05) is 48.5 Å². The zero-order chi connectivity index (χ0) is 33.3. The number of ketones is 1. The molecule has 1 aliphatic heterocycles. The maximum Gasteiger partial charge on any atom is 0.414 e. The second-order valence-corrected chi connectivity index (χ2v) is 11.6. The monoisotopic (exact) mass is 639 g/mol. The van der Waals surface area contributed by atoms with Gasteiger partial charge in [-0.2, -0.15) is 5.10 Å². The van der Waals surface area contributed by atoms with Crippen molar-refractivity contribution < 1.29 is 28.6 Å². The van der Waals surface area contributed by atoms with Crippen molar-refractivity contribution in [3.8, 4) is 22.8 Å². The molecule has 2 atom stereocenters. The number of imide groups is 1. The number of pyridine rings is 1. The van der Waals surface area contributed by atoms with E-state index in [4.69, 9.17) is 19.3 Å². The summed E-state index contributed by atoms with van der Waals surface area (Å²) in [5, 5.41) is 7.12. The van der Waals surface area contributed by atoms with E-state index in [0.29, 0.717) is 24.3 Å². The van der Waals surface area contributed by atoms with Gasteiger partial charge in [0, 0.05) is 57.3 Å². The summed E-state index contributed by atoms with van der Waals surface area (Å²) in [4.78, 5) is 45.6. The summed E-state index contributed by atoms with van der Waals surface area (Å²) in [6.45, 7) is 6.86. The Hall–Kier alpha value is -4.87. The van der Waals surface area contributed by atoms with Gasteiger partial charge in [0.2, 0.25) is 5.88 Å². The zero-order valence-corrected chi connectivity index (χ0v) is 27.3. The Morgan fingerprint density at radius 2 is 1.72 bits per heavy atom. The Labute approximate surface area is 274 Å². The summed E-state index contributed by atoms with van der Waals surface area (Å²) < 4.78 is 17.3. The van der Waals surface area contributed by atoms with E-state index in [9.17, 15) is 14.4 Å². The average Bonchev–Trinajstić information content (AvgIpc) is 3.64. The number of benzene rings is 2. The molecule has 1 aliphatic rings. The maximum absolute atomic E-state index is 13.9. The topological polar surface area (TPSA) is 125 Å². The lowest BCUT2D eigenvalue weighted by Crippen LogP contribution is -2.31. The fourth-order valence-electron chi connectivity index (χ4n) is 6.23. The lowest BCUT2D eigenvalue weighted by atomic mass is 9.85. The van der Waals surface area contributed by atoms with Gasteiger partial charge in [-0.05, 0) is 49.1 Å². The fourth-order valence-corrected chi connectivity index (χ4v) is 6.23. The Morgan fingerprint density at radius 1 is 1.00 bits per heavy atom. The highest BCUT2D eigenvalue weighted by molar-refractivity contribution is 6.05. The van der Waals surface area contributed by atoms with Gasteiger partial charge in [0.25, 0.3) is 5.91 Å². The minimum Gasteiger partial charge on any atom is -0.480 e. The van der Waals surface area contributed by atoms with Gasteiger partial charge < -0.3 is 19.1 Å². The van der Waals surface area contributed by atoms with E-state index in [-0.39, 0.29) is 42.1 Å². The molecule has 0 aliphatic carbocycles. The Kier molecular flexibility index (Phi) is 11.1. The summed E-state index contributed by atoms with van der Waals surface area (Å²) in [5.74, 6) is -0.124. The van der Waals surface area contributed by atoms with Crippen LogP contribution in [-0.2, 0) is 20.7 Å². The SMILES string of the molecule is CCOC(=O)NC(=O)c1cc(-c2nn(-c3ccccc3)c(CC(=O)C[C@@H]3CN(CCOC)C[C@H]3c3ccccc3)c2C)cnc1OC. The molecule has 0 radical (unpaired) electrons. The first kappa shape index (κ1) is 33.5. The van der Waals surface area contributed by atoms with Gasteiger partial charge in [-0.3, -0.25) is 14.9 Å². The number of carbonyl (C=O) groups is 3. The van der Waals surface area contributed by atoms with Gasteiger partial charge in [0.05, 0.1) is 37.4 Å². The number of methoxy groups -OCH3 is 2. The number of ether oxygens (including phenoxy) is 3. The first-order chi connectivity index (χ1) is 22.8. The van der Waals surface area contributed by atoms with Crippen molar-refractivity contribution in [3.05, 3.63) is 95.3 Å². The van der Waals surface area contributed by atoms with Gasteiger partial charge in [-0.25, -0.2) is 14.5 Å². The maximum atomic E-state index is 13.9. The van der Waals surface area contributed by atoms with Gasteiger partial charge in [0.1, 0.15) is 11.3 Å². The highest BCUT2D eigenvalue weighted by Crippen LogP contribution is 2.36. The Morgan fingerprint density at radius 3 is 2.40 bits per heavy atom. The van der Waals surface area contributed by atoms with E-state index in [0.717, 1.165) is 36.6 Å². The number of likely N-dealkylation sites (tertiary alicyclic amines) is 1. The number of hydrogen-bond donors (Lipinski definition) is 1. The van der Waals surface area contributed by atoms with E-state index in [2.05, 4.69) is 39.5 Å². The van der Waals surface area contributed by atoms with E-state index >= 15 is 0 Å². The number of nitrogens with zero attached hydrogens (tertiary/aromatic N) is 4. The summed E-state index contributed by atoms with van der Waals surface area (Å²) in [5.41, 5.74) is 4.75. The van der Waals surface area contributed by atoms with Crippen LogP contribution in [0.1, 0.15) is 46.4 Å². The largest absolute Gasteiger partial charge is 0.480 e. The molecule has 1 N–H and O–H groups in total. The highest BCUT2D eigenvalue weighted by atomic mass is 16.5. The molecular formula is C36H41N5O6. The molecule has 5 rings (SSSR count). The molecule has 47 heavy (non-hydrogen) atoms. The molecule has 1 saturated heterocycles. The molecular weight excluding hydrogens is 598 g/mol. The van der Waals surface area contributed by atoms with Crippen LogP contribution in [0, 0.1) is 12.8 Å². The quantitative estimate of drug-likeness (QED) is 0.215. The van der Waals surface area contributed by atoms with Crippen LogP contribution in [0.25, 0.3) is 16.9 Å². The third-order valence-corrected chi connectivity index (χ3v) is 8.51. The van der Waals surface area contributed by atoms with Crippen LogP contribution in [0.4, 0.5) is 4.79 Å². The van der Waals surface area contributed by atoms with Crippen LogP contribution >= 0.6 is 0 Å². The van der Waals surface area contributed by atoms with Crippen molar-refractivity contribution in [1.82, 2.24) is 25.0 Å². The fraction of sp³-hybridized carbons (Fsp3) is 0.361. The lowest BCUT2D eigenvalue weighted by Gasteiger charge is -2.18. The lowest BCUT2D eigenvalue weighted by molar-refractivity contribution is -0.119. The van der Waals surface area contributed by atoms with Gasteiger partial charge in [0.15, 0.2) is 0 Å². The van der Waals surface area contributed by atoms with Crippen LogP contribution in [0.15, 0.2) is 72.9 Å². The van der Waals surface area contributed by atoms with E-state index in [1.807, 2.05) is 43.3 Å². The molecule has 4 aromatic rings. The number of para-hydroxylation sites is 1.